The van der Waals surface area contributed by atoms with Crippen LogP contribution >= 0.6 is 0 Å². The first-order chi connectivity index (χ1) is 9.29. The highest BCUT2D eigenvalue weighted by molar-refractivity contribution is 5.57. The molecule has 19 heavy (non-hydrogen) atoms. The van der Waals surface area contributed by atoms with Crippen molar-refractivity contribution < 1.29 is 9.52 Å². The van der Waals surface area contributed by atoms with E-state index in [0.717, 1.165) is 36.6 Å². The third-order valence-corrected chi connectivity index (χ3v) is 3.13. The Morgan fingerprint density at radius 3 is 2.68 bits per heavy atom. The van der Waals surface area contributed by atoms with E-state index in [1.165, 1.54) is 0 Å². The molecule has 0 spiro atoms. The van der Waals surface area contributed by atoms with Crippen LogP contribution in [-0.4, -0.2) is 18.3 Å². The van der Waals surface area contributed by atoms with Gasteiger partial charge in [-0.25, -0.2) is 0 Å². The Bertz CT molecular complexity index is 479. The lowest BCUT2D eigenvalue weighted by molar-refractivity contribution is 0.259. The number of furan rings is 1. The standard InChI is InChI=1S/C16H21NO2/c1-13(9-10-18)11-17-12-15-7-8-16(19-15)14-5-3-2-4-6-14/h2-8,13,17-18H,9-12H2,1H3. The molecule has 0 aliphatic rings. The second kappa shape index (κ2) is 7.12. The molecule has 1 aromatic heterocycles. The van der Waals surface area contributed by atoms with E-state index in [4.69, 9.17) is 9.52 Å². The SMILES string of the molecule is CC(CCO)CNCc1ccc(-c2ccccc2)o1. The van der Waals surface area contributed by atoms with E-state index in [1.807, 2.05) is 42.5 Å². The van der Waals surface area contributed by atoms with Gasteiger partial charge in [-0.15, -0.1) is 0 Å². The minimum atomic E-state index is 0.252. The van der Waals surface area contributed by atoms with E-state index in [9.17, 15) is 0 Å². The summed E-state index contributed by atoms with van der Waals surface area (Å²) in [5.74, 6) is 2.32. The highest BCUT2D eigenvalue weighted by Gasteiger charge is 2.05. The zero-order valence-corrected chi connectivity index (χ0v) is 11.3. The Hall–Kier alpha value is -1.58. The lowest BCUT2D eigenvalue weighted by atomic mass is 10.1. The van der Waals surface area contributed by atoms with E-state index in [2.05, 4.69) is 12.2 Å². The van der Waals surface area contributed by atoms with E-state index < -0.39 is 0 Å². The molecule has 2 N–H and O–H groups in total. The van der Waals surface area contributed by atoms with E-state index in [-0.39, 0.29) is 6.61 Å². The second-order valence-electron chi connectivity index (χ2n) is 4.88. The van der Waals surface area contributed by atoms with Crippen LogP contribution in [0.25, 0.3) is 11.3 Å². The predicted molar refractivity (Wildman–Crippen MR) is 76.7 cm³/mol. The molecule has 1 aromatic carbocycles. The topological polar surface area (TPSA) is 45.4 Å². The Morgan fingerprint density at radius 2 is 1.95 bits per heavy atom. The summed E-state index contributed by atoms with van der Waals surface area (Å²) in [5, 5.41) is 12.2. The molecular formula is C16H21NO2. The lowest BCUT2D eigenvalue weighted by Gasteiger charge is -2.09. The summed E-state index contributed by atoms with van der Waals surface area (Å²) in [6.45, 7) is 3.99. The van der Waals surface area contributed by atoms with Crippen LogP contribution in [0.3, 0.4) is 0 Å². The second-order valence-corrected chi connectivity index (χ2v) is 4.88. The molecule has 3 nitrogen and oxygen atoms in total. The van der Waals surface area contributed by atoms with Crippen molar-refractivity contribution in [3.8, 4) is 11.3 Å². The number of aliphatic hydroxyl groups excluding tert-OH is 1. The van der Waals surface area contributed by atoms with Crippen molar-refractivity contribution in [1.82, 2.24) is 5.32 Å². The summed E-state index contributed by atoms with van der Waals surface area (Å²) in [7, 11) is 0. The fourth-order valence-electron chi connectivity index (χ4n) is 1.99. The van der Waals surface area contributed by atoms with Gasteiger partial charge in [0.2, 0.25) is 0 Å². The zero-order valence-electron chi connectivity index (χ0n) is 11.3. The highest BCUT2D eigenvalue weighted by Crippen LogP contribution is 2.21. The van der Waals surface area contributed by atoms with Crippen LogP contribution in [0.2, 0.25) is 0 Å². The van der Waals surface area contributed by atoms with Crippen molar-refractivity contribution in [1.29, 1.82) is 0 Å². The average Bonchev–Trinajstić information content (AvgIpc) is 2.89. The number of benzene rings is 1. The van der Waals surface area contributed by atoms with Gasteiger partial charge in [0.05, 0.1) is 6.54 Å². The van der Waals surface area contributed by atoms with Gasteiger partial charge in [-0.05, 0) is 31.0 Å². The third-order valence-electron chi connectivity index (χ3n) is 3.13. The smallest absolute Gasteiger partial charge is 0.134 e. The van der Waals surface area contributed by atoms with Gasteiger partial charge < -0.3 is 14.8 Å². The summed E-state index contributed by atoms with van der Waals surface area (Å²) in [5.41, 5.74) is 1.10. The molecule has 0 amide bonds. The largest absolute Gasteiger partial charge is 0.460 e. The quantitative estimate of drug-likeness (QED) is 0.803. The van der Waals surface area contributed by atoms with Crippen LogP contribution in [-0.2, 0) is 6.54 Å². The molecule has 1 heterocycles. The molecule has 0 aliphatic carbocycles. The Morgan fingerprint density at radius 1 is 1.16 bits per heavy atom. The molecule has 2 aromatic rings. The van der Waals surface area contributed by atoms with Gasteiger partial charge in [0.15, 0.2) is 0 Å². The normalized spacial score (nSPS) is 12.5. The zero-order chi connectivity index (χ0) is 13.5. The van der Waals surface area contributed by atoms with Crippen molar-refractivity contribution in [3.05, 3.63) is 48.2 Å². The van der Waals surface area contributed by atoms with Crippen molar-refractivity contribution in [3.63, 3.8) is 0 Å². The molecule has 2 rings (SSSR count). The van der Waals surface area contributed by atoms with Gasteiger partial charge in [-0.1, -0.05) is 37.3 Å². The van der Waals surface area contributed by atoms with Gasteiger partial charge in [0.25, 0.3) is 0 Å². The lowest BCUT2D eigenvalue weighted by Crippen LogP contribution is -2.21. The van der Waals surface area contributed by atoms with Crippen molar-refractivity contribution >= 4 is 0 Å². The van der Waals surface area contributed by atoms with Gasteiger partial charge >= 0.3 is 0 Å². The highest BCUT2D eigenvalue weighted by atomic mass is 16.3. The maximum atomic E-state index is 8.84. The number of aliphatic hydroxyl groups is 1. The minimum Gasteiger partial charge on any atom is -0.460 e. The van der Waals surface area contributed by atoms with Crippen LogP contribution in [0, 0.1) is 5.92 Å². The maximum absolute atomic E-state index is 8.84. The molecule has 102 valence electrons. The Labute approximate surface area is 114 Å². The molecule has 1 atom stereocenters. The maximum Gasteiger partial charge on any atom is 0.134 e. The molecule has 3 heteroatoms. The number of rotatable bonds is 7. The summed E-state index contributed by atoms with van der Waals surface area (Å²) in [6.07, 6.45) is 0.834. The van der Waals surface area contributed by atoms with Gasteiger partial charge in [-0.2, -0.15) is 0 Å². The molecular weight excluding hydrogens is 238 g/mol. The van der Waals surface area contributed by atoms with E-state index in [0.29, 0.717) is 5.92 Å². The average molecular weight is 259 g/mol. The molecule has 0 saturated carbocycles. The summed E-state index contributed by atoms with van der Waals surface area (Å²) in [6, 6.07) is 14.1. The van der Waals surface area contributed by atoms with Crippen LogP contribution in [0.1, 0.15) is 19.1 Å². The van der Waals surface area contributed by atoms with Crippen LogP contribution < -0.4 is 5.32 Å². The fourth-order valence-corrected chi connectivity index (χ4v) is 1.99. The number of hydrogen-bond donors (Lipinski definition) is 2. The van der Waals surface area contributed by atoms with Gasteiger partial charge in [-0.3, -0.25) is 0 Å². The Balaban J connectivity index is 1.85. The first-order valence-electron chi connectivity index (χ1n) is 6.75. The predicted octanol–water partition coefficient (Wildman–Crippen LogP) is 3.05. The molecule has 0 fully saturated rings. The van der Waals surface area contributed by atoms with Gasteiger partial charge in [0.1, 0.15) is 11.5 Å². The molecule has 0 aliphatic heterocycles. The fraction of sp³-hybridized carbons (Fsp3) is 0.375. The van der Waals surface area contributed by atoms with E-state index >= 15 is 0 Å². The summed E-state index contributed by atoms with van der Waals surface area (Å²) >= 11 is 0. The van der Waals surface area contributed by atoms with E-state index in [1.54, 1.807) is 0 Å². The molecule has 0 radical (unpaired) electrons. The van der Waals surface area contributed by atoms with Crippen LogP contribution in [0.4, 0.5) is 0 Å². The molecule has 1 unspecified atom stereocenters. The summed E-state index contributed by atoms with van der Waals surface area (Å²) < 4.78 is 5.80. The molecule has 0 bridgehead atoms. The number of nitrogens with one attached hydrogen (secondary N) is 1. The number of hydrogen-bond acceptors (Lipinski definition) is 3. The minimum absolute atomic E-state index is 0.252. The Kier molecular flexibility index (Phi) is 5.19. The van der Waals surface area contributed by atoms with Gasteiger partial charge in [0, 0.05) is 12.2 Å². The third kappa shape index (κ3) is 4.23. The van der Waals surface area contributed by atoms with Crippen LogP contribution in [0.15, 0.2) is 46.9 Å². The first kappa shape index (κ1) is 13.8. The van der Waals surface area contributed by atoms with Crippen LogP contribution in [0.5, 0.6) is 0 Å². The molecule has 0 saturated heterocycles. The first-order valence-corrected chi connectivity index (χ1v) is 6.75. The van der Waals surface area contributed by atoms with Crippen molar-refractivity contribution in [2.24, 2.45) is 5.92 Å². The van der Waals surface area contributed by atoms with Crippen molar-refractivity contribution in [2.75, 3.05) is 13.2 Å². The summed E-state index contributed by atoms with van der Waals surface area (Å²) in [4.78, 5) is 0. The van der Waals surface area contributed by atoms with Crippen molar-refractivity contribution in [2.45, 2.75) is 19.9 Å². The monoisotopic (exact) mass is 259 g/mol.